The number of nitrogens with two attached hydrogens (primary N) is 1. The Morgan fingerprint density at radius 3 is 2.44 bits per heavy atom. The number of amides is 1. The summed E-state index contributed by atoms with van der Waals surface area (Å²) in [4.78, 5) is 40.8. The van der Waals surface area contributed by atoms with Gasteiger partial charge in [-0.2, -0.15) is 0 Å². The number of hydrazine groups is 1. The molecule has 4 fully saturated rings. The first kappa shape index (κ1) is 31.3. The molecule has 1 heterocycles. The van der Waals surface area contributed by atoms with Crippen molar-refractivity contribution < 1.29 is 23.9 Å². The van der Waals surface area contributed by atoms with E-state index in [1.165, 1.54) is 0 Å². The maximum Gasteiger partial charge on any atom is 0.481 e. The van der Waals surface area contributed by atoms with Gasteiger partial charge < -0.3 is 20.4 Å². The smallest absolute Gasteiger partial charge is 0.404 e. The Labute approximate surface area is 233 Å². The van der Waals surface area contributed by atoms with Gasteiger partial charge in [0.25, 0.3) is 5.96 Å². The first-order valence-electron chi connectivity index (χ1n) is 14.5. The molecule has 4 N–H and O–H groups in total. The van der Waals surface area contributed by atoms with Crippen molar-refractivity contribution >= 4 is 24.8 Å². The van der Waals surface area contributed by atoms with E-state index in [1.807, 2.05) is 13.8 Å². The Morgan fingerprint density at radius 2 is 1.85 bits per heavy atom. The summed E-state index contributed by atoms with van der Waals surface area (Å²) in [7, 11) is -0.536. The number of nitrogens with one attached hydrogen (secondary N) is 2. The van der Waals surface area contributed by atoms with E-state index in [2.05, 4.69) is 44.9 Å². The molecular weight excluding hydrogens is 501 g/mol. The highest BCUT2D eigenvalue weighted by Gasteiger charge is 2.68. The summed E-state index contributed by atoms with van der Waals surface area (Å²) in [6.45, 7) is 15.2. The van der Waals surface area contributed by atoms with Gasteiger partial charge in [0.1, 0.15) is 5.78 Å². The van der Waals surface area contributed by atoms with Crippen molar-refractivity contribution in [2.75, 3.05) is 6.54 Å². The molecule has 3 aliphatic carbocycles. The van der Waals surface area contributed by atoms with Gasteiger partial charge in [-0.15, -0.1) is 0 Å². The highest BCUT2D eigenvalue weighted by Crippen LogP contribution is 2.65. The average molecular weight is 550 g/mol. The Morgan fingerprint density at radius 1 is 1.15 bits per heavy atom. The summed E-state index contributed by atoms with van der Waals surface area (Å²) in [5, 5.41) is 12.9. The zero-order valence-electron chi connectivity index (χ0n) is 24.7. The molecule has 0 radical (unpaired) electrons. The molecule has 1 aliphatic heterocycles. The minimum absolute atomic E-state index is 0.0188. The van der Waals surface area contributed by atoms with Gasteiger partial charge in [0.15, 0.2) is 5.03 Å². The molecule has 0 unspecified atom stereocenters. The van der Waals surface area contributed by atoms with E-state index in [1.54, 1.807) is 5.43 Å². The first-order valence-corrected chi connectivity index (χ1v) is 14.5. The number of Topliss-reactive ketones (excluding diaryl/α,β-unsaturated/α-hetero) is 1. The van der Waals surface area contributed by atoms with Crippen molar-refractivity contribution in [3.63, 3.8) is 0 Å². The second-order valence-corrected chi connectivity index (χ2v) is 13.4. The van der Waals surface area contributed by atoms with Crippen LogP contribution >= 0.6 is 0 Å². The highest BCUT2D eigenvalue weighted by molar-refractivity contribution is 6.47. The van der Waals surface area contributed by atoms with Gasteiger partial charge in [-0.3, -0.25) is 9.59 Å². The number of hydrogen-bond acceptors (Lipinski definition) is 7. The van der Waals surface area contributed by atoms with Crippen LogP contribution in [0.4, 0.5) is 0 Å². The van der Waals surface area contributed by atoms with Crippen LogP contribution in [0.15, 0.2) is 4.99 Å². The lowest BCUT2D eigenvalue weighted by Gasteiger charge is -2.64. The molecule has 220 valence electrons. The van der Waals surface area contributed by atoms with Gasteiger partial charge in [0.2, 0.25) is 5.91 Å². The molecule has 1 saturated heterocycles. The second kappa shape index (κ2) is 12.5. The standard InChI is InChI=1S/C27H48BN5O6/c1-16(2)11-20(34)13-18(9-8-10-30-25(29)32-33(36)37)24(35)31-23(12-17(3)4)28-38-22-15-19-14-21(26(19,5)6)27(22,7)39-28/h16-19,21-23H,8-15H2,1-7H3,(H,31,35)(H3,29,30,32)/t18-,19+,21+,22-,23+,27+/m1/s1. The van der Waals surface area contributed by atoms with Crippen molar-refractivity contribution in [1.29, 1.82) is 0 Å². The third-order valence-corrected chi connectivity index (χ3v) is 9.03. The summed E-state index contributed by atoms with van der Waals surface area (Å²) in [6, 6.07) is 0. The third-order valence-electron chi connectivity index (χ3n) is 9.03. The van der Waals surface area contributed by atoms with E-state index in [4.69, 9.17) is 15.0 Å². The van der Waals surface area contributed by atoms with Gasteiger partial charge in [0.05, 0.1) is 17.6 Å². The van der Waals surface area contributed by atoms with Crippen LogP contribution < -0.4 is 16.5 Å². The number of nitrogens with zero attached hydrogens (tertiary/aromatic N) is 2. The lowest BCUT2D eigenvalue weighted by molar-refractivity contribution is -0.525. The predicted molar refractivity (Wildman–Crippen MR) is 150 cm³/mol. The molecule has 4 aliphatic rings. The molecule has 0 aromatic heterocycles. The molecule has 0 spiro atoms. The van der Waals surface area contributed by atoms with E-state index in [0.29, 0.717) is 43.4 Å². The van der Waals surface area contributed by atoms with E-state index >= 15 is 0 Å². The number of guanidine groups is 1. The number of ketones is 1. The fraction of sp³-hybridized carbons (Fsp3) is 0.889. The molecule has 39 heavy (non-hydrogen) atoms. The summed E-state index contributed by atoms with van der Waals surface area (Å²) < 4.78 is 13.2. The highest BCUT2D eigenvalue weighted by atomic mass is 16.7. The molecule has 6 atom stereocenters. The normalized spacial score (nSPS) is 29.0. The maximum absolute atomic E-state index is 13.6. The van der Waals surface area contributed by atoms with Crippen molar-refractivity contribution in [1.82, 2.24) is 10.7 Å². The Kier molecular flexibility index (Phi) is 10.1. The van der Waals surface area contributed by atoms with Crippen molar-refractivity contribution in [2.24, 2.45) is 45.7 Å². The maximum atomic E-state index is 13.6. The fourth-order valence-corrected chi connectivity index (χ4v) is 6.92. The topological polar surface area (TPSA) is 158 Å². The van der Waals surface area contributed by atoms with Crippen LogP contribution in [0.1, 0.15) is 93.4 Å². The Hall–Kier alpha value is -2.21. The molecular formula is C27H48BN5O6. The van der Waals surface area contributed by atoms with E-state index in [9.17, 15) is 19.7 Å². The SMILES string of the molecule is CC(C)CC(=O)C[C@@H](CCCN=C(N)N[N+](=O)[O-])C(=O)N[C@@H](CC(C)C)B1O[C@@H]2C[C@@H]3C[C@@H](C3(C)C)[C@]2(C)O1. The number of rotatable bonds is 14. The van der Waals surface area contributed by atoms with Crippen LogP contribution in [-0.4, -0.2) is 54.0 Å². The molecule has 4 rings (SSSR count). The van der Waals surface area contributed by atoms with Gasteiger partial charge in [-0.25, -0.2) is 15.1 Å². The lowest BCUT2D eigenvalue weighted by atomic mass is 9.43. The van der Waals surface area contributed by atoms with Crippen molar-refractivity contribution in [3.05, 3.63) is 10.1 Å². The first-order chi connectivity index (χ1) is 18.1. The Bertz CT molecular complexity index is 944. The average Bonchev–Trinajstić information content (AvgIpc) is 3.16. The summed E-state index contributed by atoms with van der Waals surface area (Å²) in [5.74, 6) is 0.233. The number of aliphatic imine (C=N–C) groups is 1. The van der Waals surface area contributed by atoms with E-state index < -0.39 is 18.1 Å². The fourth-order valence-electron chi connectivity index (χ4n) is 6.92. The third kappa shape index (κ3) is 7.51. The molecule has 1 amide bonds. The summed E-state index contributed by atoms with van der Waals surface area (Å²) in [6.07, 6.45) is 4.24. The van der Waals surface area contributed by atoms with Crippen molar-refractivity contribution in [2.45, 2.75) is 111 Å². The minimum Gasteiger partial charge on any atom is -0.404 e. The Balaban J connectivity index is 1.69. The minimum atomic E-state index is -0.775. The monoisotopic (exact) mass is 549 g/mol. The molecule has 3 saturated carbocycles. The zero-order chi connectivity index (χ0) is 29.1. The van der Waals surface area contributed by atoms with Crippen LogP contribution in [0.2, 0.25) is 0 Å². The number of nitro groups is 1. The molecule has 2 bridgehead atoms. The van der Waals surface area contributed by atoms with E-state index in [0.717, 1.165) is 12.8 Å². The molecule has 0 aromatic carbocycles. The van der Waals surface area contributed by atoms with Gasteiger partial charge in [-0.1, -0.05) is 47.0 Å². The molecule has 0 aromatic rings. The molecule has 11 nitrogen and oxygen atoms in total. The number of hydrogen-bond donors (Lipinski definition) is 3. The van der Waals surface area contributed by atoms with Crippen LogP contribution in [0.3, 0.4) is 0 Å². The van der Waals surface area contributed by atoms with Crippen LogP contribution in [0, 0.1) is 45.1 Å². The van der Waals surface area contributed by atoms with Crippen LogP contribution in [0.5, 0.6) is 0 Å². The van der Waals surface area contributed by atoms with Gasteiger partial charge in [0, 0.05) is 25.3 Å². The number of carbonyl (C=O) groups is 2. The largest absolute Gasteiger partial charge is 0.481 e. The summed E-state index contributed by atoms with van der Waals surface area (Å²) in [5.41, 5.74) is 7.16. The second-order valence-electron chi connectivity index (χ2n) is 13.4. The number of carbonyl (C=O) groups excluding carboxylic acids is 2. The van der Waals surface area contributed by atoms with Crippen molar-refractivity contribution in [3.8, 4) is 0 Å². The zero-order valence-corrected chi connectivity index (χ0v) is 24.7. The van der Waals surface area contributed by atoms with Crippen LogP contribution in [0.25, 0.3) is 0 Å². The summed E-state index contributed by atoms with van der Waals surface area (Å²) >= 11 is 0. The quantitative estimate of drug-likeness (QED) is 0.0744. The van der Waals surface area contributed by atoms with Gasteiger partial charge in [-0.05, 0) is 68.1 Å². The van der Waals surface area contributed by atoms with E-state index in [-0.39, 0.29) is 59.6 Å². The predicted octanol–water partition coefficient (Wildman–Crippen LogP) is 3.28. The molecule has 12 heteroatoms. The van der Waals surface area contributed by atoms with Gasteiger partial charge >= 0.3 is 7.12 Å². The van der Waals surface area contributed by atoms with Crippen LogP contribution in [-0.2, 0) is 18.9 Å². The lowest BCUT2D eigenvalue weighted by Crippen LogP contribution is -2.65.